The fourth-order valence-electron chi connectivity index (χ4n) is 1.97. The van der Waals surface area contributed by atoms with Crippen LogP contribution < -0.4 is 11.4 Å². The lowest BCUT2D eigenvalue weighted by Crippen LogP contribution is -2.33. The Kier molecular flexibility index (Phi) is 2.55. The molecule has 0 spiro atoms. The van der Waals surface area contributed by atoms with E-state index in [2.05, 4.69) is 11.7 Å². The van der Waals surface area contributed by atoms with Crippen molar-refractivity contribution in [3.05, 3.63) is 63.5 Å². The highest BCUT2D eigenvalue weighted by Crippen LogP contribution is 2.16. The number of nitrogens with one attached hydrogen (secondary N) is 1. The molecule has 0 aliphatic rings. The summed E-state index contributed by atoms with van der Waals surface area (Å²) in [4.78, 5) is 24.7. The van der Waals surface area contributed by atoms with Gasteiger partial charge >= 0.3 is 11.4 Å². The van der Waals surface area contributed by atoms with Gasteiger partial charge in [-0.05, 0) is 25.9 Å². The molecule has 0 amide bonds. The molecule has 6 heteroatoms. The van der Waals surface area contributed by atoms with Gasteiger partial charge in [-0.2, -0.15) is 0 Å². The second-order valence-corrected chi connectivity index (χ2v) is 4.31. The van der Waals surface area contributed by atoms with Gasteiger partial charge in [0.2, 0.25) is 0 Å². The molecule has 1 heterocycles. The van der Waals surface area contributed by atoms with Crippen LogP contribution in [0.15, 0.2) is 52.1 Å². The van der Waals surface area contributed by atoms with E-state index in [-0.39, 0.29) is 5.69 Å². The monoisotopic (exact) mass is 279 g/mol. The van der Waals surface area contributed by atoms with Gasteiger partial charge in [-0.3, -0.25) is 0 Å². The molecule has 0 fully saturated rings. The number of H-pyrrole nitrogens is 1. The topological polar surface area (TPSA) is 80.0 Å². The van der Waals surface area contributed by atoms with Crippen LogP contribution in [0.3, 0.4) is 0 Å². The summed E-state index contributed by atoms with van der Waals surface area (Å²) in [6, 6.07) is 6.33. The van der Waals surface area contributed by atoms with Crippen LogP contribution in [0.1, 0.15) is 25.3 Å². The van der Waals surface area contributed by atoms with Gasteiger partial charge in [-0.15, -0.1) is 0 Å². The van der Waals surface area contributed by atoms with Crippen molar-refractivity contribution in [1.29, 1.82) is 0 Å². The van der Waals surface area contributed by atoms with Crippen LogP contribution in [0.25, 0.3) is 5.69 Å². The van der Waals surface area contributed by atoms with E-state index in [9.17, 15) is 14.7 Å². The third-order valence-electron chi connectivity index (χ3n) is 2.81. The van der Waals surface area contributed by atoms with Gasteiger partial charge in [0.25, 0.3) is 0 Å². The maximum absolute atomic E-state index is 12.6. The summed E-state index contributed by atoms with van der Waals surface area (Å²) in [6.07, 6.45) is -2.39. The second kappa shape index (κ2) is 5.34. The van der Waals surface area contributed by atoms with E-state index in [0.717, 1.165) is 11.5 Å². The fourth-order valence-corrected chi connectivity index (χ4v) is 1.97. The zero-order valence-corrected chi connectivity index (χ0v) is 10.8. The minimum Gasteiger partial charge on any atom is -0.391 e. The van der Waals surface area contributed by atoms with Crippen molar-refractivity contribution in [1.82, 2.24) is 14.3 Å². The Morgan fingerprint density at radius 1 is 1.45 bits per heavy atom. The highest BCUT2D eigenvalue weighted by molar-refractivity contribution is 5.30. The molecule has 1 aromatic heterocycles. The Balaban J connectivity index is 2.69. The van der Waals surface area contributed by atoms with E-state index in [0.29, 0.717) is 4.68 Å². The van der Waals surface area contributed by atoms with Crippen LogP contribution in [0.2, 0.25) is 0 Å². The molecule has 0 aliphatic carbocycles. The number of aromatic nitrogens is 3. The van der Waals surface area contributed by atoms with Gasteiger partial charge in [-0.1, -0.05) is 30.4 Å². The van der Waals surface area contributed by atoms with Crippen molar-refractivity contribution >= 4 is 0 Å². The molecule has 2 atom stereocenters. The molecule has 6 nitrogen and oxygen atoms in total. The molecule has 0 saturated heterocycles. The SMILES string of the molecule is [2H]C([2H])([2H])C(=C)[C@H](n1[nH]c(=O)n(-c2ccccc2)c1=O)[C@]([2H])(C)O. The summed E-state index contributed by atoms with van der Waals surface area (Å²) >= 11 is 0. The van der Waals surface area contributed by atoms with Crippen molar-refractivity contribution in [3.8, 4) is 5.69 Å². The lowest BCUT2D eigenvalue weighted by molar-refractivity contribution is 0.138. The second-order valence-electron chi connectivity index (χ2n) is 4.31. The number of aromatic amines is 1. The van der Waals surface area contributed by atoms with Crippen LogP contribution in [0.4, 0.5) is 0 Å². The molecule has 106 valence electrons. The van der Waals surface area contributed by atoms with Gasteiger partial charge in [0.1, 0.15) is 6.04 Å². The van der Waals surface area contributed by atoms with Gasteiger partial charge in [0.15, 0.2) is 0 Å². The minimum absolute atomic E-state index is 0.269. The van der Waals surface area contributed by atoms with Crippen LogP contribution in [0.5, 0.6) is 0 Å². The lowest BCUT2D eigenvalue weighted by Gasteiger charge is -2.19. The number of nitrogens with zero attached hydrogens (tertiary/aromatic N) is 2. The van der Waals surface area contributed by atoms with Crippen molar-refractivity contribution < 1.29 is 10.6 Å². The predicted octanol–water partition coefficient (Wildman–Crippen LogP) is 0.825. The Morgan fingerprint density at radius 2 is 2.10 bits per heavy atom. The summed E-state index contributed by atoms with van der Waals surface area (Å²) < 4.78 is 31.4. The standard InChI is InChI=1S/C14H17N3O3/c1-9(2)12(10(3)18)17-14(20)16(13(19)15-17)11-7-5-4-6-8-11/h4-8,10,12,18H,1H2,2-3H3,(H,15,19)/t10-,12-/m0/s1/i2D3,10D. The Morgan fingerprint density at radius 3 is 2.65 bits per heavy atom. The molecule has 0 radical (unpaired) electrons. The molecular formula is C14H17N3O3. The van der Waals surface area contributed by atoms with Gasteiger partial charge in [0.05, 0.1) is 13.1 Å². The van der Waals surface area contributed by atoms with E-state index in [1.165, 1.54) is 12.1 Å². The smallest absolute Gasteiger partial charge is 0.352 e. The summed E-state index contributed by atoms with van der Waals surface area (Å²) in [6.45, 7) is 1.68. The summed E-state index contributed by atoms with van der Waals surface area (Å²) in [5.74, 6) is 0. The first-order chi connectivity index (χ1) is 10.9. The molecule has 2 N–H and O–H groups in total. The molecule has 0 aliphatic heterocycles. The lowest BCUT2D eigenvalue weighted by atomic mass is 10.1. The minimum atomic E-state index is -2.72. The summed E-state index contributed by atoms with van der Waals surface area (Å²) in [5.41, 5.74) is -2.00. The number of hydrogen-bond donors (Lipinski definition) is 2. The Hall–Kier alpha value is -2.34. The van der Waals surface area contributed by atoms with Gasteiger partial charge in [0, 0.05) is 4.11 Å². The molecular weight excluding hydrogens is 258 g/mol. The van der Waals surface area contributed by atoms with Crippen molar-refractivity contribution in [2.45, 2.75) is 25.9 Å². The van der Waals surface area contributed by atoms with E-state index in [4.69, 9.17) is 5.48 Å². The Bertz CT molecular complexity index is 856. The molecule has 2 rings (SSSR count). The third kappa shape index (κ3) is 2.37. The zero-order valence-electron chi connectivity index (χ0n) is 14.8. The quantitative estimate of drug-likeness (QED) is 0.813. The van der Waals surface area contributed by atoms with E-state index >= 15 is 0 Å². The number of rotatable bonds is 4. The first kappa shape index (κ1) is 9.55. The number of para-hydroxylation sites is 1. The van der Waals surface area contributed by atoms with E-state index in [1.54, 1.807) is 18.2 Å². The van der Waals surface area contributed by atoms with Crippen LogP contribution in [-0.4, -0.2) is 25.5 Å². The van der Waals surface area contributed by atoms with Gasteiger partial charge in [-0.25, -0.2) is 23.9 Å². The van der Waals surface area contributed by atoms with Crippen LogP contribution in [0, 0.1) is 0 Å². The zero-order chi connectivity index (χ0) is 18.3. The largest absolute Gasteiger partial charge is 0.391 e. The molecule has 1 aromatic carbocycles. The molecule has 0 bridgehead atoms. The van der Waals surface area contributed by atoms with E-state index in [1.807, 2.05) is 0 Å². The average Bonchev–Trinajstić information content (AvgIpc) is 2.72. The van der Waals surface area contributed by atoms with Crippen molar-refractivity contribution in [2.24, 2.45) is 0 Å². The first-order valence-electron chi connectivity index (χ1n) is 7.85. The highest BCUT2D eigenvalue weighted by atomic mass is 16.3. The Labute approximate surface area is 121 Å². The predicted molar refractivity (Wildman–Crippen MR) is 76.2 cm³/mol. The maximum atomic E-state index is 12.6. The summed E-state index contributed by atoms with van der Waals surface area (Å²) in [7, 11) is 0. The number of aliphatic hydroxyl groups is 1. The van der Waals surface area contributed by atoms with Crippen LogP contribution in [-0.2, 0) is 0 Å². The average molecular weight is 279 g/mol. The normalized spacial score (nSPS) is 19.1. The molecule has 2 aromatic rings. The molecule has 0 unspecified atom stereocenters. The first-order valence-corrected chi connectivity index (χ1v) is 5.85. The number of benzene rings is 1. The third-order valence-corrected chi connectivity index (χ3v) is 2.81. The highest BCUT2D eigenvalue weighted by Gasteiger charge is 2.23. The van der Waals surface area contributed by atoms with Crippen LogP contribution >= 0.6 is 0 Å². The molecule has 20 heavy (non-hydrogen) atoms. The fraction of sp³-hybridized carbons (Fsp3) is 0.286. The van der Waals surface area contributed by atoms with Gasteiger partial charge < -0.3 is 5.11 Å². The van der Waals surface area contributed by atoms with E-state index < -0.39 is 35.9 Å². The summed E-state index contributed by atoms with van der Waals surface area (Å²) in [5, 5.41) is 12.2. The number of hydrogen-bond acceptors (Lipinski definition) is 3. The maximum Gasteiger partial charge on any atom is 0.352 e. The van der Waals surface area contributed by atoms with Crippen molar-refractivity contribution in [3.63, 3.8) is 0 Å². The molecule has 0 saturated carbocycles. The van der Waals surface area contributed by atoms with Crippen molar-refractivity contribution in [2.75, 3.05) is 0 Å².